The summed E-state index contributed by atoms with van der Waals surface area (Å²) in [5, 5.41) is 2.53. The number of carbonyl (C=O) groups is 1. The Labute approximate surface area is 90.3 Å². The number of nitrogens with one attached hydrogen (secondary N) is 1. The van der Waals surface area contributed by atoms with Crippen LogP contribution in [0.3, 0.4) is 0 Å². The maximum Gasteiger partial charge on any atom is 0.279 e. The van der Waals surface area contributed by atoms with Gasteiger partial charge in [-0.2, -0.15) is 0 Å². The summed E-state index contributed by atoms with van der Waals surface area (Å²) in [6, 6.07) is 0.0425. The average molecular weight is 214 g/mol. The topological polar surface area (TPSA) is 32.3 Å². The summed E-state index contributed by atoms with van der Waals surface area (Å²) in [6.07, 6.45) is 3.42. The number of hydrogen-bond donors (Lipinski definition) is 1. The maximum atomic E-state index is 13.4. The zero-order valence-electron chi connectivity index (χ0n) is 9.59. The lowest BCUT2D eigenvalue weighted by atomic mass is 10.2. The first-order valence-electron chi connectivity index (χ1n) is 5.39. The van der Waals surface area contributed by atoms with Crippen LogP contribution in [0.4, 0.5) is 4.39 Å². The van der Waals surface area contributed by atoms with Gasteiger partial charge in [0.1, 0.15) is 0 Å². The van der Waals surface area contributed by atoms with E-state index in [1.807, 2.05) is 20.9 Å². The summed E-state index contributed by atoms with van der Waals surface area (Å²) < 4.78 is 13.4. The second-order valence-corrected chi connectivity index (χ2v) is 4.33. The third-order valence-electron chi connectivity index (χ3n) is 2.55. The molecule has 15 heavy (non-hydrogen) atoms. The largest absolute Gasteiger partial charge is 0.348 e. The highest BCUT2D eigenvalue weighted by molar-refractivity contribution is 5.91. The van der Waals surface area contributed by atoms with E-state index in [2.05, 4.69) is 10.2 Å². The minimum Gasteiger partial charge on any atom is -0.348 e. The first kappa shape index (κ1) is 12.2. The molecule has 0 bridgehead atoms. The highest BCUT2D eigenvalue weighted by Gasteiger charge is 2.21. The molecule has 0 radical (unpaired) electrons. The Morgan fingerprint density at radius 1 is 1.60 bits per heavy atom. The van der Waals surface area contributed by atoms with Gasteiger partial charge < -0.3 is 5.32 Å². The van der Waals surface area contributed by atoms with Crippen LogP contribution < -0.4 is 5.32 Å². The highest BCUT2D eigenvalue weighted by atomic mass is 19.1. The van der Waals surface area contributed by atoms with Gasteiger partial charge in [-0.05, 0) is 46.4 Å². The van der Waals surface area contributed by atoms with Crippen molar-refractivity contribution in [3.05, 3.63) is 11.9 Å². The molecular weight excluding hydrogens is 195 g/mol. The highest BCUT2D eigenvalue weighted by Crippen LogP contribution is 2.17. The zero-order valence-corrected chi connectivity index (χ0v) is 9.59. The number of carbonyl (C=O) groups excluding carboxylic acids is 1. The monoisotopic (exact) mass is 214 g/mol. The lowest BCUT2D eigenvalue weighted by molar-refractivity contribution is -0.119. The number of rotatable bonds is 3. The lowest BCUT2D eigenvalue weighted by Crippen LogP contribution is -2.31. The molecule has 1 heterocycles. The zero-order chi connectivity index (χ0) is 11.4. The van der Waals surface area contributed by atoms with Gasteiger partial charge in [0.2, 0.25) is 0 Å². The molecule has 0 unspecified atom stereocenters. The molecule has 1 atom stereocenters. The third-order valence-corrected chi connectivity index (χ3v) is 2.55. The first-order valence-corrected chi connectivity index (χ1v) is 5.39. The summed E-state index contributed by atoms with van der Waals surface area (Å²) in [4.78, 5) is 13.3. The molecule has 1 amide bonds. The van der Waals surface area contributed by atoms with E-state index in [0.29, 0.717) is 0 Å². The van der Waals surface area contributed by atoms with Crippen molar-refractivity contribution in [3.8, 4) is 0 Å². The summed E-state index contributed by atoms with van der Waals surface area (Å²) in [7, 11) is 1.95. The molecule has 1 rings (SSSR count). The molecule has 4 heteroatoms. The predicted molar refractivity (Wildman–Crippen MR) is 58.1 cm³/mol. The number of likely N-dealkylation sites (tertiary alicyclic amines) is 1. The van der Waals surface area contributed by atoms with Gasteiger partial charge in [-0.3, -0.25) is 9.69 Å². The molecule has 0 spiro atoms. The number of halogens is 1. The van der Waals surface area contributed by atoms with Gasteiger partial charge in [0.05, 0.1) is 0 Å². The van der Waals surface area contributed by atoms with E-state index >= 15 is 0 Å². The van der Waals surface area contributed by atoms with Gasteiger partial charge in [-0.25, -0.2) is 4.39 Å². The summed E-state index contributed by atoms with van der Waals surface area (Å²) in [6.45, 7) is 4.60. The Kier molecular flexibility index (Phi) is 4.27. The molecule has 0 aromatic carbocycles. The molecular formula is C11H19FN2O. The lowest BCUT2D eigenvalue weighted by Gasteiger charge is -2.15. The second kappa shape index (κ2) is 5.26. The van der Waals surface area contributed by atoms with E-state index in [1.54, 1.807) is 0 Å². The molecule has 0 aromatic rings. The summed E-state index contributed by atoms with van der Waals surface area (Å²) in [5.74, 6) is -1.27. The Balaban J connectivity index is 2.54. The second-order valence-electron chi connectivity index (χ2n) is 4.33. The normalized spacial score (nSPS) is 23.5. The SMILES string of the molecule is CC(C)NC(=O)/C(F)=C/[C@H]1CCCN1C. The van der Waals surface area contributed by atoms with Crippen LogP contribution in [-0.2, 0) is 4.79 Å². The molecule has 0 aliphatic carbocycles. The van der Waals surface area contributed by atoms with Crippen molar-refractivity contribution in [1.82, 2.24) is 10.2 Å². The van der Waals surface area contributed by atoms with Gasteiger partial charge in [0.15, 0.2) is 5.83 Å². The van der Waals surface area contributed by atoms with Crippen LogP contribution in [0.2, 0.25) is 0 Å². The van der Waals surface area contributed by atoms with Gasteiger partial charge in [-0.15, -0.1) is 0 Å². The van der Waals surface area contributed by atoms with E-state index in [-0.39, 0.29) is 12.1 Å². The first-order chi connectivity index (χ1) is 7.00. The molecule has 1 saturated heterocycles. The fourth-order valence-electron chi connectivity index (χ4n) is 1.72. The average Bonchev–Trinajstić information content (AvgIpc) is 2.50. The maximum absolute atomic E-state index is 13.4. The Bertz CT molecular complexity index is 263. The number of amides is 1. The smallest absolute Gasteiger partial charge is 0.279 e. The summed E-state index contributed by atoms with van der Waals surface area (Å²) in [5.41, 5.74) is 0. The predicted octanol–water partition coefficient (Wildman–Crippen LogP) is 1.46. The van der Waals surface area contributed by atoms with E-state index in [9.17, 15) is 9.18 Å². The van der Waals surface area contributed by atoms with E-state index < -0.39 is 11.7 Å². The Morgan fingerprint density at radius 2 is 2.27 bits per heavy atom. The van der Waals surface area contributed by atoms with Crippen LogP contribution in [-0.4, -0.2) is 36.5 Å². The van der Waals surface area contributed by atoms with Crippen LogP contribution in [0.25, 0.3) is 0 Å². The van der Waals surface area contributed by atoms with Crippen molar-refractivity contribution in [1.29, 1.82) is 0 Å². The van der Waals surface area contributed by atoms with Gasteiger partial charge in [-0.1, -0.05) is 0 Å². The van der Waals surface area contributed by atoms with Crippen LogP contribution in [0.5, 0.6) is 0 Å². The van der Waals surface area contributed by atoms with Crippen molar-refractivity contribution < 1.29 is 9.18 Å². The Hall–Kier alpha value is -0.900. The molecule has 0 aromatic heterocycles. The van der Waals surface area contributed by atoms with E-state index in [1.165, 1.54) is 6.08 Å². The van der Waals surface area contributed by atoms with Crippen molar-refractivity contribution in [3.63, 3.8) is 0 Å². The van der Waals surface area contributed by atoms with Gasteiger partial charge >= 0.3 is 0 Å². The van der Waals surface area contributed by atoms with Crippen LogP contribution in [0, 0.1) is 0 Å². The summed E-state index contributed by atoms with van der Waals surface area (Å²) >= 11 is 0. The minimum absolute atomic E-state index is 0.0297. The molecule has 1 fully saturated rings. The minimum atomic E-state index is -0.664. The van der Waals surface area contributed by atoms with Crippen molar-refractivity contribution >= 4 is 5.91 Å². The quantitative estimate of drug-likeness (QED) is 0.721. The van der Waals surface area contributed by atoms with Crippen molar-refractivity contribution in [2.75, 3.05) is 13.6 Å². The van der Waals surface area contributed by atoms with Crippen molar-refractivity contribution in [2.24, 2.45) is 0 Å². The molecule has 1 aliphatic rings. The number of nitrogens with zero attached hydrogens (tertiary/aromatic N) is 1. The third kappa shape index (κ3) is 3.63. The van der Waals surface area contributed by atoms with Crippen molar-refractivity contribution in [2.45, 2.75) is 38.8 Å². The van der Waals surface area contributed by atoms with Crippen LogP contribution in [0.1, 0.15) is 26.7 Å². The molecule has 1 N–H and O–H groups in total. The van der Waals surface area contributed by atoms with E-state index in [0.717, 1.165) is 19.4 Å². The molecule has 3 nitrogen and oxygen atoms in total. The number of hydrogen-bond acceptors (Lipinski definition) is 2. The fraction of sp³-hybridized carbons (Fsp3) is 0.727. The van der Waals surface area contributed by atoms with Gasteiger partial charge in [0.25, 0.3) is 5.91 Å². The van der Waals surface area contributed by atoms with Crippen LogP contribution in [0.15, 0.2) is 11.9 Å². The molecule has 1 aliphatic heterocycles. The Morgan fingerprint density at radius 3 is 2.73 bits per heavy atom. The van der Waals surface area contributed by atoms with Gasteiger partial charge in [0, 0.05) is 12.1 Å². The molecule has 0 saturated carbocycles. The van der Waals surface area contributed by atoms with E-state index in [4.69, 9.17) is 0 Å². The number of likely N-dealkylation sites (N-methyl/N-ethyl adjacent to an activating group) is 1. The fourth-order valence-corrected chi connectivity index (χ4v) is 1.72. The standard InChI is InChI=1S/C11H19FN2O/c1-8(2)13-11(15)10(12)7-9-5-4-6-14(9)3/h7-9H,4-6H2,1-3H3,(H,13,15)/b10-7-/t9-/m1/s1. The molecule has 86 valence electrons. The van der Waals surface area contributed by atoms with Crippen LogP contribution >= 0.6 is 0 Å².